The van der Waals surface area contributed by atoms with Crippen LogP contribution in [-0.2, 0) is 31.6 Å². The highest BCUT2D eigenvalue weighted by atomic mass is 31.3. The number of rotatable bonds is 9. The molecule has 7 atom stereocenters. The number of hydrogen-bond donors (Lipinski definition) is 7. The van der Waals surface area contributed by atoms with Crippen LogP contribution >= 0.6 is 23.5 Å². The molecule has 3 unspecified atom stereocenters. The van der Waals surface area contributed by atoms with E-state index in [1.165, 1.54) is 0 Å². The van der Waals surface area contributed by atoms with Crippen molar-refractivity contribution in [3.05, 3.63) is 27.1 Å². The third-order valence-corrected chi connectivity index (χ3v) is 8.97. The first-order valence-electron chi connectivity index (χ1n) is 9.06. The molecule has 21 nitrogen and oxygen atoms in total. The minimum Gasteiger partial charge on any atom is -0.381 e. The summed E-state index contributed by atoms with van der Waals surface area (Å²) in [4.78, 5) is 60.3. The molecule has 1 aliphatic heterocycles. The van der Waals surface area contributed by atoms with Gasteiger partial charge in [0.1, 0.15) is 11.7 Å². The van der Waals surface area contributed by atoms with Gasteiger partial charge in [0.15, 0.2) is 29.2 Å². The van der Waals surface area contributed by atoms with Crippen LogP contribution in [0.4, 0.5) is 10.3 Å². The number of phosphoric ester groups is 1. The maximum absolute atomic E-state index is 15.5. The predicted octanol–water partition coefficient (Wildman–Crippen LogP) is -0.926. The lowest BCUT2D eigenvalue weighted by molar-refractivity contribution is -0.0851. The predicted molar refractivity (Wildman–Crippen MR) is 108 cm³/mol. The van der Waals surface area contributed by atoms with Gasteiger partial charge in [0.25, 0.3) is 5.56 Å². The number of aromatic nitrogens is 4. The molecule has 0 aromatic carbocycles. The average molecular weight is 578 g/mol. The van der Waals surface area contributed by atoms with Crippen LogP contribution in [0, 0.1) is 0 Å². The number of nitrogens with zero attached hydrogens (tertiary/aromatic N) is 6. The summed E-state index contributed by atoms with van der Waals surface area (Å²) < 4.78 is 68.0. The number of aromatic amines is 1. The molecule has 2 fully saturated rings. The zero-order chi connectivity index (χ0) is 26.9. The lowest BCUT2D eigenvalue weighted by Crippen LogP contribution is -2.34. The van der Waals surface area contributed by atoms with Crippen LogP contribution in [0.5, 0.6) is 0 Å². The third kappa shape index (κ3) is 4.37. The van der Waals surface area contributed by atoms with Gasteiger partial charge in [0.2, 0.25) is 5.95 Å². The molecule has 1 saturated carbocycles. The van der Waals surface area contributed by atoms with Crippen LogP contribution in [0.1, 0.15) is 6.23 Å². The van der Waals surface area contributed by atoms with Gasteiger partial charge in [-0.3, -0.25) is 18.9 Å². The molecule has 36 heavy (non-hydrogen) atoms. The second-order valence-electron chi connectivity index (χ2n) is 7.37. The molecule has 3 heterocycles. The highest BCUT2D eigenvalue weighted by Crippen LogP contribution is 2.72. The SMILES string of the molecule is [N-]=[N+]=NC[C@]12O[C@@H](n3cnc4c(=O)[nH]c(N)nc43)[C@H](F)[C@@]1(O)C2OP(=O)(O)OP(=O)(O)OP(=O)(O)O. The molecule has 2 aliphatic rings. The van der Waals surface area contributed by atoms with Crippen molar-refractivity contribution in [2.45, 2.75) is 29.7 Å². The lowest BCUT2D eigenvalue weighted by atomic mass is 10.1. The van der Waals surface area contributed by atoms with Gasteiger partial charge in [-0.2, -0.15) is 13.6 Å². The van der Waals surface area contributed by atoms with E-state index < -0.39 is 65.3 Å². The number of nitrogens with one attached hydrogen (secondary N) is 1. The zero-order valence-electron chi connectivity index (χ0n) is 17.0. The first-order valence-corrected chi connectivity index (χ1v) is 13.6. The summed E-state index contributed by atoms with van der Waals surface area (Å²) >= 11 is 0. The van der Waals surface area contributed by atoms with Gasteiger partial charge < -0.3 is 35.2 Å². The molecule has 0 spiro atoms. The number of imidazole rings is 1. The molecule has 2 aromatic heterocycles. The number of halogens is 1. The fourth-order valence-corrected chi connectivity index (χ4v) is 7.07. The molecule has 2 aromatic rings. The Morgan fingerprint density at radius 2 is 1.97 bits per heavy atom. The number of nitrogens with two attached hydrogens (primary N) is 1. The summed E-state index contributed by atoms with van der Waals surface area (Å²) in [7, 11) is -17.5. The van der Waals surface area contributed by atoms with Crippen LogP contribution in [0.2, 0.25) is 0 Å². The third-order valence-electron chi connectivity index (χ3n) is 5.17. The Bertz CT molecular complexity index is 1490. The maximum atomic E-state index is 15.5. The molecule has 198 valence electrons. The number of hydrogen-bond acceptors (Lipinski definition) is 13. The van der Waals surface area contributed by atoms with Crippen LogP contribution in [-0.4, -0.2) is 74.2 Å². The summed E-state index contributed by atoms with van der Waals surface area (Å²) in [6.07, 6.45) is -5.67. The largest absolute Gasteiger partial charge is 0.490 e. The van der Waals surface area contributed by atoms with E-state index in [4.69, 9.17) is 25.8 Å². The van der Waals surface area contributed by atoms with Crippen molar-refractivity contribution in [2.24, 2.45) is 5.11 Å². The molecule has 1 saturated heterocycles. The van der Waals surface area contributed by atoms with E-state index >= 15 is 4.39 Å². The average Bonchev–Trinajstić information content (AvgIpc) is 2.98. The van der Waals surface area contributed by atoms with Crippen molar-refractivity contribution in [3.63, 3.8) is 0 Å². The van der Waals surface area contributed by atoms with Crippen molar-refractivity contribution in [1.29, 1.82) is 0 Å². The Morgan fingerprint density at radius 3 is 2.58 bits per heavy atom. The van der Waals surface area contributed by atoms with Crippen molar-refractivity contribution in [1.82, 2.24) is 19.5 Å². The van der Waals surface area contributed by atoms with Crippen molar-refractivity contribution in [2.75, 3.05) is 12.3 Å². The molecule has 4 rings (SSSR count). The van der Waals surface area contributed by atoms with E-state index in [1.807, 2.05) is 0 Å². The number of alkyl halides is 1. The van der Waals surface area contributed by atoms with Gasteiger partial charge in [-0.05, 0) is 5.53 Å². The van der Waals surface area contributed by atoms with E-state index in [9.17, 15) is 33.4 Å². The summed E-state index contributed by atoms with van der Waals surface area (Å²) in [5.41, 5.74) is 7.53. The topological polar surface area (TPSA) is 328 Å². The fourth-order valence-electron chi connectivity index (χ4n) is 3.81. The van der Waals surface area contributed by atoms with Gasteiger partial charge in [-0.25, -0.2) is 23.1 Å². The smallest absolute Gasteiger partial charge is 0.381 e. The Morgan fingerprint density at radius 1 is 1.31 bits per heavy atom. The van der Waals surface area contributed by atoms with Crippen molar-refractivity contribution < 1.29 is 60.6 Å². The number of anilines is 1. The maximum Gasteiger partial charge on any atom is 0.490 e. The quantitative estimate of drug-likeness (QED) is 0.0818. The van der Waals surface area contributed by atoms with E-state index in [0.717, 1.165) is 10.9 Å². The number of nitrogen functional groups attached to an aromatic ring is 1. The van der Waals surface area contributed by atoms with Gasteiger partial charge >= 0.3 is 23.5 Å². The minimum atomic E-state index is -5.93. The van der Waals surface area contributed by atoms with Gasteiger partial charge in [-0.15, -0.1) is 0 Å². The first-order chi connectivity index (χ1) is 16.5. The molecular formula is C11H14FN8O13P3. The number of H-pyrrole nitrogens is 1. The van der Waals surface area contributed by atoms with E-state index in [-0.39, 0.29) is 17.1 Å². The minimum absolute atomic E-state index is 0.280. The van der Waals surface area contributed by atoms with Crippen molar-refractivity contribution >= 4 is 40.6 Å². The number of phosphoric acid groups is 3. The Hall–Kier alpha value is -2.28. The normalized spacial score (nSPS) is 32.9. The molecule has 0 radical (unpaired) electrons. The number of ether oxygens (including phenoxy) is 1. The summed E-state index contributed by atoms with van der Waals surface area (Å²) in [6.45, 7) is -0.917. The highest BCUT2D eigenvalue weighted by molar-refractivity contribution is 7.66. The van der Waals surface area contributed by atoms with Gasteiger partial charge in [0.05, 0.1) is 12.9 Å². The highest BCUT2D eigenvalue weighted by Gasteiger charge is 2.90. The van der Waals surface area contributed by atoms with E-state index in [2.05, 4.69) is 38.1 Å². The summed E-state index contributed by atoms with van der Waals surface area (Å²) in [5, 5.41) is 14.1. The fraction of sp³-hybridized carbons (Fsp3) is 0.545. The molecule has 0 amide bonds. The van der Waals surface area contributed by atoms with Crippen LogP contribution in [0.15, 0.2) is 16.2 Å². The van der Waals surface area contributed by atoms with Crippen LogP contribution < -0.4 is 11.3 Å². The monoisotopic (exact) mass is 578 g/mol. The van der Waals surface area contributed by atoms with Crippen LogP contribution in [0.3, 0.4) is 0 Å². The van der Waals surface area contributed by atoms with Gasteiger partial charge in [-0.1, -0.05) is 5.11 Å². The number of fused-ring (bicyclic) bond motifs is 2. The molecular weight excluding hydrogens is 564 g/mol. The second kappa shape index (κ2) is 8.37. The standard InChI is InChI=1S/C11H14FN8O13P3/c12-4-7(20-2-15-3-5(20)17-9(13)18-6(3)21)30-10(1-16-19-14)8(11(4,10)22)31-35(26,27)33-36(28,29)32-34(23,24)25/h2,4,7-8,22H,1H2,(H,26,27)(H,28,29)(H2,23,24,25)(H3,13,17,18,21)/t4-,7+,8?,10+,11+/m0/s1. The van der Waals surface area contributed by atoms with E-state index in [1.54, 1.807) is 0 Å². The first kappa shape index (κ1) is 26.8. The Labute approximate surface area is 195 Å². The van der Waals surface area contributed by atoms with Crippen LogP contribution in [0.25, 0.3) is 21.6 Å². The number of aliphatic hydroxyl groups is 1. The molecule has 8 N–H and O–H groups in total. The van der Waals surface area contributed by atoms with Crippen molar-refractivity contribution in [3.8, 4) is 0 Å². The second-order valence-corrected chi connectivity index (χ2v) is 11.7. The molecule has 25 heteroatoms. The number of azide groups is 1. The Kier molecular flexibility index (Phi) is 6.22. The van der Waals surface area contributed by atoms with E-state index in [0.29, 0.717) is 0 Å². The summed E-state index contributed by atoms with van der Waals surface area (Å²) in [5.74, 6) is -0.374. The molecule has 0 bridgehead atoms. The zero-order valence-corrected chi connectivity index (χ0v) is 19.7. The molecule has 1 aliphatic carbocycles. The summed E-state index contributed by atoms with van der Waals surface area (Å²) in [6, 6.07) is 0. The lowest BCUT2D eigenvalue weighted by Gasteiger charge is -2.24. The van der Waals surface area contributed by atoms with Gasteiger partial charge in [0, 0.05) is 4.91 Å². The Balaban J connectivity index is 1.65.